The Morgan fingerprint density at radius 2 is 1.81 bits per heavy atom. The lowest BCUT2D eigenvalue weighted by Gasteiger charge is -2.04. The fraction of sp³-hybridized carbons (Fsp3) is 0.333. The molecular weight excluding hydrogens is 208 g/mol. The maximum atomic E-state index is 11.1. The first-order valence-corrected chi connectivity index (χ1v) is 4.90. The number of carbonyl (C=O) groups excluding carboxylic acids is 2. The highest BCUT2D eigenvalue weighted by Crippen LogP contribution is 2.12. The standard InChI is InChI=1S/C12H14O4/c1-9(13)7-12(14)16-8-10-3-5-11(15-2)6-4-10/h3-6H,7-8H2,1-2H3. The van der Waals surface area contributed by atoms with E-state index in [1.807, 2.05) is 0 Å². The third kappa shape index (κ3) is 4.13. The Hall–Kier alpha value is -1.84. The number of carbonyl (C=O) groups is 2. The van der Waals surface area contributed by atoms with Crippen LogP contribution in [0.15, 0.2) is 24.3 Å². The average molecular weight is 222 g/mol. The summed E-state index contributed by atoms with van der Waals surface area (Å²) in [7, 11) is 1.59. The molecule has 4 heteroatoms. The van der Waals surface area contributed by atoms with E-state index < -0.39 is 5.97 Å². The Morgan fingerprint density at radius 3 is 2.31 bits per heavy atom. The number of ketones is 1. The van der Waals surface area contributed by atoms with Crippen molar-refractivity contribution < 1.29 is 19.1 Å². The minimum atomic E-state index is -0.497. The summed E-state index contributed by atoms with van der Waals surface area (Å²) in [6, 6.07) is 7.18. The molecule has 0 aromatic heterocycles. The molecule has 0 radical (unpaired) electrons. The largest absolute Gasteiger partial charge is 0.497 e. The van der Waals surface area contributed by atoms with E-state index in [-0.39, 0.29) is 18.8 Å². The molecule has 0 heterocycles. The molecule has 86 valence electrons. The lowest BCUT2D eigenvalue weighted by atomic mass is 10.2. The van der Waals surface area contributed by atoms with Gasteiger partial charge in [-0.3, -0.25) is 9.59 Å². The molecule has 1 rings (SSSR count). The van der Waals surface area contributed by atoms with Gasteiger partial charge in [0.15, 0.2) is 0 Å². The first kappa shape index (κ1) is 12.2. The highest BCUT2D eigenvalue weighted by molar-refractivity contribution is 5.94. The number of Topliss-reactive ketones (excluding diaryl/α,β-unsaturated/α-hetero) is 1. The van der Waals surface area contributed by atoms with E-state index in [0.29, 0.717) is 0 Å². The molecule has 16 heavy (non-hydrogen) atoms. The first-order valence-electron chi connectivity index (χ1n) is 4.90. The minimum absolute atomic E-state index is 0.170. The smallest absolute Gasteiger partial charge is 0.313 e. The van der Waals surface area contributed by atoms with Crippen molar-refractivity contribution in [2.45, 2.75) is 20.0 Å². The fourth-order valence-electron chi connectivity index (χ4n) is 1.14. The summed E-state index contributed by atoms with van der Waals surface area (Å²) in [6.07, 6.45) is -0.170. The van der Waals surface area contributed by atoms with Crippen LogP contribution in [0.1, 0.15) is 18.9 Å². The van der Waals surface area contributed by atoms with E-state index >= 15 is 0 Å². The van der Waals surface area contributed by atoms with Gasteiger partial charge < -0.3 is 9.47 Å². The Kier molecular flexibility index (Phi) is 4.51. The summed E-state index contributed by atoms with van der Waals surface area (Å²) in [4.78, 5) is 21.7. The molecule has 4 nitrogen and oxygen atoms in total. The van der Waals surface area contributed by atoms with Crippen molar-refractivity contribution in [3.05, 3.63) is 29.8 Å². The van der Waals surface area contributed by atoms with Crippen LogP contribution in [0.4, 0.5) is 0 Å². The maximum absolute atomic E-state index is 11.1. The topological polar surface area (TPSA) is 52.6 Å². The Labute approximate surface area is 94.2 Å². The Balaban J connectivity index is 2.42. The van der Waals surface area contributed by atoms with Crippen molar-refractivity contribution >= 4 is 11.8 Å². The normalized spacial score (nSPS) is 9.62. The van der Waals surface area contributed by atoms with Gasteiger partial charge in [0.25, 0.3) is 0 Å². The number of methoxy groups -OCH3 is 1. The summed E-state index contributed by atoms with van der Waals surface area (Å²) in [6.45, 7) is 1.53. The zero-order valence-electron chi connectivity index (χ0n) is 9.36. The van der Waals surface area contributed by atoms with Gasteiger partial charge in [-0.25, -0.2) is 0 Å². The fourth-order valence-corrected chi connectivity index (χ4v) is 1.14. The summed E-state index contributed by atoms with van der Waals surface area (Å²) in [5.41, 5.74) is 0.859. The van der Waals surface area contributed by atoms with E-state index in [2.05, 4.69) is 0 Å². The van der Waals surface area contributed by atoms with Crippen LogP contribution in [0, 0.1) is 0 Å². The number of hydrogen-bond donors (Lipinski definition) is 0. The molecule has 0 atom stereocenters. The number of hydrogen-bond acceptors (Lipinski definition) is 4. The predicted octanol–water partition coefficient (Wildman–Crippen LogP) is 1.72. The van der Waals surface area contributed by atoms with Crippen LogP contribution < -0.4 is 4.74 Å². The Morgan fingerprint density at radius 1 is 1.19 bits per heavy atom. The Bertz CT molecular complexity index is 367. The lowest BCUT2D eigenvalue weighted by molar-refractivity contribution is -0.146. The van der Waals surface area contributed by atoms with Gasteiger partial charge in [-0.1, -0.05) is 12.1 Å². The van der Waals surface area contributed by atoms with E-state index in [0.717, 1.165) is 11.3 Å². The zero-order chi connectivity index (χ0) is 12.0. The van der Waals surface area contributed by atoms with Crippen molar-refractivity contribution in [1.82, 2.24) is 0 Å². The van der Waals surface area contributed by atoms with Crippen LogP contribution in [0.5, 0.6) is 5.75 Å². The summed E-state index contributed by atoms with van der Waals surface area (Å²) in [5.74, 6) is 0.0573. The first-order chi connectivity index (χ1) is 7.61. The molecule has 0 amide bonds. The van der Waals surface area contributed by atoms with Gasteiger partial charge in [0.2, 0.25) is 0 Å². The van der Waals surface area contributed by atoms with Crippen LogP contribution >= 0.6 is 0 Å². The molecule has 0 aliphatic heterocycles. The molecule has 1 aromatic rings. The quantitative estimate of drug-likeness (QED) is 0.562. The molecule has 0 unspecified atom stereocenters. The van der Waals surface area contributed by atoms with Crippen LogP contribution in [0.25, 0.3) is 0 Å². The molecule has 0 saturated heterocycles. The van der Waals surface area contributed by atoms with Crippen molar-refractivity contribution in [2.75, 3.05) is 7.11 Å². The third-order valence-electron chi connectivity index (χ3n) is 1.95. The minimum Gasteiger partial charge on any atom is -0.497 e. The number of benzene rings is 1. The van der Waals surface area contributed by atoms with Crippen LogP contribution in [0.3, 0.4) is 0 Å². The molecule has 0 fully saturated rings. The molecule has 0 N–H and O–H groups in total. The molecule has 0 bridgehead atoms. The number of ether oxygens (including phenoxy) is 2. The molecule has 0 aliphatic carbocycles. The van der Waals surface area contributed by atoms with E-state index in [9.17, 15) is 9.59 Å². The summed E-state index contributed by atoms with van der Waals surface area (Å²) >= 11 is 0. The highest BCUT2D eigenvalue weighted by Gasteiger charge is 2.06. The number of rotatable bonds is 5. The third-order valence-corrected chi connectivity index (χ3v) is 1.95. The summed E-state index contributed by atoms with van der Waals surface area (Å²) in [5, 5.41) is 0. The highest BCUT2D eigenvalue weighted by atomic mass is 16.5. The van der Waals surface area contributed by atoms with E-state index in [1.165, 1.54) is 6.92 Å². The van der Waals surface area contributed by atoms with Gasteiger partial charge >= 0.3 is 5.97 Å². The second-order valence-corrected chi connectivity index (χ2v) is 3.39. The zero-order valence-corrected chi connectivity index (χ0v) is 9.36. The van der Waals surface area contributed by atoms with E-state index in [4.69, 9.17) is 9.47 Å². The molecular formula is C12H14O4. The monoisotopic (exact) mass is 222 g/mol. The van der Waals surface area contributed by atoms with E-state index in [1.54, 1.807) is 31.4 Å². The summed E-state index contributed by atoms with van der Waals surface area (Å²) < 4.78 is 9.91. The predicted molar refractivity (Wildman–Crippen MR) is 58.1 cm³/mol. The van der Waals surface area contributed by atoms with Crippen molar-refractivity contribution in [2.24, 2.45) is 0 Å². The van der Waals surface area contributed by atoms with Crippen molar-refractivity contribution in [3.63, 3.8) is 0 Å². The number of esters is 1. The van der Waals surface area contributed by atoms with Crippen molar-refractivity contribution in [1.29, 1.82) is 0 Å². The lowest BCUT2D eigenvalue weighted by Crippen LogP contribution is -2.08. The van der Waals surface area contributed by atoms with Gasteiger partial charge in [-0.15, -0.1) is 0 Å². The van der Waals surface area contributed by atoms with Crippen LogP contribution in [0.2, 0.25) is 0 Å². The van der Waals surface area contributed by atoms with Crippen LogP contribution in [-0.2, 0) is 20.9 Å². The average Bonchev–Trinajstić information content (AvgIpc) is 2.26. The van der Waals surface area contributed by atoms with Crippen LogP contribution in [-0.4, -0.2) is 18.9 Å². The molecule has 0 aliphatic rings. The van der Waals surface area contributed by atoms with Crippen molar-refractivity contribution in [3.8, 4) is 5.75 Å². The SMILES string of the molecule is COc1ccc(COC(=O)CC(C)=O)cc1. The van der Waals surface area contributed by atoms with Gasteiger partial charge in [0.1, 0.15) is 24.6 Å². The van der Waals surface area contributed by atoms with Gasteiger partial charge in [0.05, 0.1) is 7.11 Å². The molecule has 0 saturated carbocycles. The molecule has 0 spiro atoms. The second-order valence-electron chi connectivity index (χ2n) is 3.39. The van der Waals surface area contributed by atoms with Gasteiger partial charge in [0, 0.05) is 0 Å². The maximum Gasteiger partial charge on any atom is 0.313 e. The van der Waals surface area contributed by atoms with Gasteiger partial charge in [-0.05, 0) is 24.6 Å². The second kappa shape index (κ2) is 5.90. The van der Waals surface area contributed by atoms with Gasteiger partial charge in [-0.2, -0.15) is 0 Å². The molecule has 1 aromatic carbocycles.